The zero-order chi connectivity index (χ0) is 17.3. The van der Waals surface area contributed by atoms with Crippen molar-refractivity contribution < 1.29 is 4.79 Å². The number of nitrogens with zero attached hydrogens (tertiary/aromatic N) is 4. The van der Waals surface area contributed by atoms with Gasteiger partial charge in [-0.05, 0) is 33.8 Å². The Morgan fingerprint density at radius 1 is 1.26 bits per heavy atom. The third kappa shape index (κ3) is 3.36. The van der Waals surface area contributed by atoms with E-state index in [0.717, 1.165) is 17.0 Å². The van der Waals surface area contributed by atoms with Crippen molar-refractivity contribution in [1.82, 2.24) is 19.2 Å². The normalized spacial score (nSPS) is 11.1. The molecule has 2 heterocycles. The first-order valence-corrected chi connectivity index (χ1v) is 7.69. The van der Waals surface area contributed by atoms with Crippen LogP contribution in [0.1, 0.15) is 41.2 Å². The van der Waals surface area contributed by atoms with E-state index in [0.29, 0.717) is 12.1 Å². The van der Waals surface area contributed by atoms with Gasteiger partial charge < -0.3 is 9.47 Å². The number of pyridine rings is 1. The average Bonchev–Trinajstić information content (AvgIpc) is 2.72. The van der Waals surface area contributed by atoms with E-state index >= 15 is 0 Å². The first kappa shape index (κ1) is 17.0. The molecule has 2 rings (SSSR count). The molecule has 0 aliphatic carbocycles. The molecule has 0 fully saturated rings. The van der Waals surface area contributed by atoms with Crippen LogP contribution in [0.25, 0.3) is 0 Å². The molecule has 0 aliphatic heterocycles. The Labute approximate surface area is 136 Å². The third-order valence-corrected chi connectivity index (χ3v) is 4.20. The summed E-state index contributed by atoms with van der Waals surface area (Å²) < 4.78 is 3.26. The number of hydrogen-bond acceptors (Lipinski definition) is 3. The highest BCUT2D eigenvalue weighted by atomic mass is 16.2. The van der Waals surface area contributed by atoms with Crippen LogP contribution in [0, 0.1) is 13.8 Å². The zero-order valence-electron chi connectivity index (χ0n) is 14.6. The van der Waals surface area contributed by atoms with Gasteiger partial charge >= 0.3 is 0 Å². The van der Waals surface area contributed by atoms with Crippen molar-refractivity contribution in [3.63, 3.8) is 0 Å². The molecule has 0 unspecified atom stereocenters. The lowest BCUT2D eigenvalue weighted by atomic mass is 10.1. The maximum atomic E-state index is 12.9. The van der Waals surface area contributed by atoms with E-state index in [2.05, 4.69) is 5.10 Å². The van der Waals surface area contributed by atoms with E-state index in [9.17, 15) is 9.59 Å². The molecule has 0 atom stereocenters. The molecule has 6 heteroatoms. The van der Waals surface area contributed by atoms with E-state index in [-0.39, 0.29) is 17.5 Å². The third-order valence-electron chi connectivity index (χ3n) is 4.20. The first-order chi connectivity index (χ1) is 10.7. The number of aryl methyl sites for hydroxylation is 3. The molecule has 0 aromatic carbocycles. The minimum absolute atomic E-state index is 0.0405. The molecule has 0 saturated carbocycles. The van der Waals surface area contributed by atoms with E-state index in [4.69, 9.17) is 0 Å². The first-order valence-electron chi connectivity index (χ1n) is 7.69. The van der Waals surface area contributed by atoms with Crippen LogP contribution in [-0.2, 0) is 20.6 Å². The number of carbonyl (C=O) groups is 1. The second-order valence-corrected chi connectivity index (χ2v) is 6.17. The summed E-state index contributed by atoms with van der Waals surface area (Å²) in [5.41, 5.74) is 3.45. The lowest BCUT2D eigenvalue weighted by Gasteiger charge is -2.27. The van der Waals surface area contributed by atoms with Crippen molar-refractivity contribution in [2.24, 2.45) is 14.1 Å². The van der Waals surface area contributed by atoms with E-state index in [1.807, 2.05) is 39.4 Å². The van der Waals surface area contributed by atoms with Gasteiger partial charge in [0.2, 0.25) is 5.56 Å². The van der Waals surface area contributed by atoms with E-state index in [1.54, 1.807) is 24.2 Å². The number of carbonyl (C=O) groups excluding carboxylic acids is 1. The van der Waals surface area contributed by atoms with Gasteiger partial charge in [0.1, 0.15) is 0 Å². The number of hydrogen-bond donors (Lipinski definition) is 0. The Bertz CT molecular complexity index is 786. The number of amides is 1. The Morgan fingerprint density at radius 3 is 2.39 bits per heavy atom. The largest absolute Gasteiger partial charge is 0.332 e. The Balaban J connectivity index is 2.36. The minimum Gasteiger partial charge on any atom is -0.332 e. The van der Waals surface area contributed by atoms with Crippen molar-refractivity contribution in [2.45, 2.75) is 40.3 Å². The van der Waals surface area contributed by atoms with Crippen LogP contribution < -0.4 is 5.56 Å². The van der Waals surface area contributed by atoms with Gasteiger partial charge in [-0.1, -0.05) is 0 Å². The molecule has 124 valence electrons. The number of rotatable bonds is 4. The van der Waals surface area contributed by atoms with Crippen molar-refractivity contribution in [3.8, 4) is 0 Å². The molecule has 1 amide bonds. The van der Waals surface area contributed by atoms with Gasteiger partial charge in [0.05, 0.1) is 11.3 Å². The van der Waals surface area contributed by atoms with Gasteiger partial charge in [0, 0.05) is 50.2 Å². The highest BCUT2D eigenvalue weighted by Crippen LogP contribution is 2.18. The second-order valence-electron chi connectivity index (χ2n) is 6.17. The average molecular weight is 316 g/mol. The van der Waals surface area contributed by atoms with E-state index in [1.165, 1.54) is 10.6 Å². The van der Waals surface area contributed by atoms with Gasteiger partial charge in [0.25, 0.3) is 5.91 Å². The fraction of sp³-hybridized carbons (Fsp3) is 0.471. The van der Waals surface area contributed by atoms with Crippen LogP contribution in [0.3, 0.4) is 0 Å². The quantitative estimate of drug-likeness (QED) is 0.864. The Kier molecular flexibility index (Phi) is 4.73. The summed E-state index contributed by atoms with van der Waals surface area (Å²) in [5, 5.41) is 4.41. The zero-order valence-corrected chi connectivity index (χ0v) is 14.6. The molecule has 0 bridgehead atoms. The maximum Gasteiger partial charge on any atom is 0.255 e. The van der Waals surface area contributed by atoms with Gasteiger partial charge in [0.15, 0.2) is 0 Å². The Morgan fingerprint density at radius 2 is 1.91 bits per heavy atom. The fourth-order valence-electron chi connectivity index (χ4n) is 2.59. The van der Waals surface area contributed by atoms with Crippen molar-refractivity contribution in [3.05, 3.63) is 51.2 Å². The van der Waals surface area contributed by atoms with Gasteiger partial charge in [-0.3, -0.25) is 14.3 Å². The maximum absolute atomic E-state index is 12.9. The summed E-state index contributed by atoms with van der Waals surface area (Å²) in [6, 6.07) is 3.05. The molecule has 0 aliphatic rings. The fourth-order valence-corrected chi connectivity index (χ4v) is 2.59. The van der Waals surface area contributed by atoms with Crippen molar-refractivity contribution in [1.29, 1.82) is 0 Å². The smallest absolute Gasteiger partial charge is 0.255 e. The van der Waals surface area contributed by atoms with Gasteiger partial charge in [-0.2, -0.15) is 5.10 Å². The second kappa shape index (κ2) is 6.40. The molecule has 0 saturated heterocycles. The summed E-state index contributed by atoms with van der Waals surface area (Å²) in [6.07, 6.45) is 1.59. The molecule has 0 N–H and O–H groups in total. The highest BCUT2D eigenvalue weighted by Gasteiger charge is 2.22. The Hall–Kier alpha value is -2.37. The lowest BCUT2D eigenvalue weighted by Crippen LogP contribution is -2.37. The number of aromatic nitrogens is 3. The molecule has 0 spiro atoms. The van der Waals surface area contributed by atoms with Crippen molar-refractivity contribution in [2.75, 3.05) is 0 Å². The van der Waals surface area contributed by atoms with E-state index < -0.39 is 0 Å². The van der Waals surface area contributed by atoms with Crippen LogP contribution in [-0.4, -0.2) is 31.2 Å². The molecular formula is C17H24N4O2. The lowest BCUT2D eigenvalue weighted by molar-refractivity contribution is 0.0689. The molecule has 6 nitrogen and oxygen atoms in total. The molecular weight excluding hydrogens is 292 g/mol. The van der Waals surface area contributed by atoms with Crippen molar-refractivity contribution >= 4 is 5.91 Å². The van der Waals surface area contributed by atoms with Crippen LogP contribution in [0.15, 0.2) is 23.1 Å². The van der Waals surface area contributed by atoms with Crippen LogP contribution in [0.5, 0.6) is 0 Å². The summed E-state index contributed by atoms with van der Waals surface area (Å²) in [7, 11) is 3.55. The predicted molar refractivity (Wildman–Crippen MR) is 89.4 cm³/mol. The topological polar surface area (TPSA) is 60.1 Å². The monoisotopic (exact) mass is 316 g/mol. The minimum atomic E-state index is -0.128. The summed E-state index contributed by atoms with van der Waals surface area (Å²) in [6.45, 7) is 8.44. The standard InChI is InChI=1S/C17H24N4O2/c1-11(2)21(10-15-12(3)18-20(6)13(15)4)17(23)14-7-8-16(22)19(5)9-14/h7-9,11H,10H2,1-6H3. The molecule has 0 radical (unpaired) electrons. The summed E-state index contributed by atoms with van der Waals surface area (Å²) in [5.74, 6) is -0.0850. The summed E-state index contributed by atoms with van der Waals surface area (Å²) >= 11 is 0. The molecule has 2 aromatic rings. The molecule has 23 heavy (non-hydrogen) atoms. The molecule has 2 aromatic heterocycles. The SMILES string of the molecule is Cc1nn(C)c(C)c1CN(C(=O)c1ccc(=O)n(C)c1)C(C)C. The van der Waals surface area contributed by atoms with Crippen LogP contribution in [0.4, 0.5) is 0 Å². The highest BCUT2D eigenvalue weighted by molar-refractivity contribution is 5.94. The van der Waals surface area contributed by atoms with Gasteiger partial charge in [-0.15, -0.1) is 0 Å². The van der Waals surface area contributed by atoms with Gasteiger partial charge in [-0.25, -0.2) is 0 Å². The van der Waals surface area contributed by atoms with Crippen LogP contribution >= 0.6 is 0 Å². The summed E-state index contributed by atoms with van der Waals surface area (Å²) in [4.78, 5) is 26.2. The van der Waals surface area contributed by atoms with Crippen LogP contribution in [0.2, 0.25) is 0 Å². The predicted octanol–water partition coefficient (Wildman–Crippen LogP) is 1.79.